The number of ether oxygens (including phenoxy) is 3. The summed E-state index contributed by atoms with van der Waals surface area (Å²) in [6.45, 7) is 33.5. The predicted molar refractivity (Wildman–Crippen MR) is 280 cm³/mol. The highest BCUT2D eigenvalue weighted by Gasteiger charge is 2.30. The van der Waals surface area contributed by atoms with Crippen LogP contribution in [0.1, 0.15) is 209 Å². The number of carbonyl (C=O) groups excluding carboxylic acids is 3. The first-order valence-electron chi connectivity index (χ1n) is 25.4. The molecule has 0 saturated heterocycles. The van der Waals surface area contributed by atoms with Gasteiger partial charge in [-0.05, 0) is 74.3 Å². The van der Waals surface area contributed by atoms with Crippen LogP contribution >= 0.6 is 0 Å². The number of benzene rings is 4. The quantitative estimate of drug-likeness (QED) is 0.0915. The van der Waals surface area contributed by atoms with Crippen LogP contribution in [0.3, 0.4) is 0 Å². The van der Waals surface area contributed by atoms with Crippen molar-refractivity contribution in [2.24, 2.45) is 0 Å². The highest BCUT2D eigenvalue weighted by molar-refractivity contribution is 5.75. The second kappa shape index (κ2) is 22.5. The molecule has 0 aromatic heterocycles. The molecule has 0 fully saturated rings. The predicted octanol–water partition coefficient (Wildman–Crippen LogP) is 13.9. The summed E-state index contributed by atoms with van der Waals surface area (Å²) in [6.07, 6.45) is 4.36. The van der Waals surface area contributed by atoms with E-state index in [-0.39, 0.29) is 53.1 Å². The third-order valence-electron chi connectivity index (χ3n) is 13.0. The van der Waals surface area contributed by atoms with E-state index >= 15 is 0 Å². The van der Waals surface area contributed by atoms with Crippen LogP contribution in [0.5, 0.6) is 23.0 Å². The summed E-state index contributed by atoms with van der Waals surface area (Å²) in [6, 6.07) is 16.8. The summed E-state index contributed by atoms with van der Waals surface area (Å²) in [7, 11) is 0. The zero-order chi connectivity index (χ0) is 51.1. The largest absolute Gasteiger partial charge is 0.507 e. The van der Waals surface area contributed by atoms with Crippen LogP contribution in [0.4, 0.5) is 14.4 Å². The zero-order valence-corrected chi connectivity index (χ0v) is 44.7. The highest BCUT2D eigenvalue weighted by atomic mass is 16.6. The Morgan fingerprint density at radius 3 is 0.812 bits per heavy atom. The number of amides is 3. The number of hydrogen-bond acceptors (Lipinski definition) is 7. The van der Waals surface area contributed by atoms with Crippen molar-refractivity contribution >= 4 is 18.3 Å². The lowest BCUT2D eigenvalue weighted by Crippen LogP contribution is -2.29. The Morgan fingerprint density at radius 1 is 0.406 bits per heavy atom. The number of nitrogens with one attached hydrogen (secondary N) is 3. The van der Waals surface area contributed by atoms with Crippen LogP contribution in [0.25, 0.3) is 0 Å². The normalized spacial score (nSPS) is 13.1. The second-order valence-corrected chi connectivity index (χ2v) is 23.2. The van der Waals surface area contributed by atoms with Gasteiger partial charge in [0.25, 0.3) is 0 Å². The van der Waals surface area contributed by atoms with Gasteiger partial charge in [-0.1, -0.05) is 172 Å². The molecule has 10 heteroatoms. The summed E-state index contributed by atoms with van der Waals surface area (Å²) in [5, 5.41) is 21.5. The van der Waals surface area contributed by atoms with E-state index in [1.807, 2.05) is 0 Å². The average molecular weight is 946 g/mol. The number of phenols is 1. The van der Waals surface area contributed by atoms with E-state index in [1.54, 1.807) is 0 Å². The van der Waals surface area contributed by atoms with Crippen molar-refractivity contribution in [3.8, 4) is 23.0 Å². The Bertz CT molecular complexity index is 2340. The first-order chi connectivity index (χ1) is 32.2. The molecule has 1 aliphatic rings. The molecule has 0 aliphatic heterocycles. The lowest BCUT2D eigenvalue weighted by atomic mass is 9.79. The Morgan fingerprint density at radius 2 is 0.609 bits per heavy atom. The van der Waals surface area contributed by atoms with Crippen molar-refractivity contribution in [2.75, 3.05) is 19.6 Å². The van der Waals surface area contributed by atoms with E-state index in [4.69, 9.17) is 14.2 Å². The minimum atomic E-state index is -0.570. The summed E-state index contributed by atoms with van der Waals surface area (Å²) < 4.78 is 19.4. The molecule has 4 N–H and O–H groups in total. The third-order valence-corrected chi connectivity index (χ3v) is 13.0. The molecule has 0 heterocycles. The fraction of sp³-hybridized carbons (Fsp3) is 0.542. The highest BCUT2D eigenvalue weighted by Crippen LogP contribution is 2.44. The molecular formula is C59H83N3O7. The molecule has 4 aromatic carbocycles. The molecule has 0 atom stereocenters. The van der Waals surface area contributed by atoms with Crippen LogP contribution in [0, 0.1) is 0 Å². The number of carbonyl (C=O) groups is 3. The standard InChI is InChI=1S/C59H83N3O7/c1-16-19-22-60-53(64)67-50-39-25-37-29-45(56(4,5)6)30-38(49(37)63)26-40-32-47(58(10,11)12)34-42(51(40)68-54(65)61-23-20-17-2)28-44-36-48(59(13,14)15)35-43(52(44)69-55(66)62-24-21-18-3)27-41(50)33-46(31-39)57(7,8)9/h29-36,63H,16-28H2,1-15H3,(H,60,64)(H,61,65)(H,62,66). The molecule has 1 aliphatic carbocycles. The smallest absolute Gasteiger partial charge is 0.412 e. The number of hydrogen-bond donors (Lipinski definition) is 4. The lowest BCUT2D eigenvalue weighted by molar-refractivity contribution is 0.198. The van der Waals surface area contributed by atoms with Gasteiger partial charge >= 0.3 is 18.3 Å². The Labute approximate surface area is 414 Å². The van der Waals surface area contributed by atoms with E-state index in [9.17, 15) is 19.5 Å². The van der Waals surface area contributed by atoms with Gasteiger partial charge in [-0.25, -0.2) is 14.4 Å². The SMILES string of the molecule is CCCCNC(=O)Oc1c2cc(C(C)(C)C)cc1Cc1cc(C(C)(C)C)cc(c1OC(=O)NCCCC)Cc1cc(C(C)(C)C)cc(c1OC(=O)NCCCC)Cc1cc(C(C)(C)C)cc(c1O)C2. The molecule has 8 bridgehead atoms. The maximum atomic E-state index is 14.0. The summed E-state index contributed by atoms with van der Waals surface area (Å²) >= 11 is 0. The van der Waals surface area contributed by atoms with E-state index in [0.29, 0.717) is 48.0 Å². The van der Waals surface area contributed by atoms with E-state index in [2.05, 4.69) is 168 Å². The Hall–Kier alpha value is -5.51. The number of unbranched alkanes of at least 4 members (excludes halogenated alkanes) is 3. The molecule has 3 amide bonds. The van der Waals surface area contributed by atoms with Gasteiger partial charge in [-0.15, -0.1) is 0 Å². The van der Waals surface area contributed by atoms with Crippen LogP contribution in [0.2, 0.25) is 0 Å². The topological polar surface area (TPSA) is 135 Å². The first kappa shape index (κ1) is 54.4. The second-order valence-electron chi connectivity index (χ2n) is 23.2. The molecule has 4 aromatic rings. The van der Waals surface area contributed by atoms with Gasteiger partial charge in [0.1, 0.15) is 23.0 Å². The monoisotopic (exact) mass is 946 g/mol. The zero-order valence-electron chi connectivity index (χ0n) is 44.7. The fourth-order valence-electron chi connectivity index (χ4n) is 8.51. The molecule has 5 rings (SSSR count). The number of aromatic hydroxyl groups is 1. The van der Waals surface area contributed by atoms with Crippen molar-refractivity contribution in [1.82, 2.24) is 16.0 Å². The minimum Gasteiger partial charge on any atom is -0.507 e. The number of rotatable bonds is 12. The molecule has 10 nitrogen and oxygen atoms in total. The van der Waals surface area contributed by atoms with E-state index in [1.165, 1.54) is 0 Å². The van der Waals surface area contributed by atoms with Gasteiger partial charge in [-0.2, -0.15) is 0 Å². The first-order valence-corrected chi connectivity index (χ1v) is 25.4. The molecule has 0 saturated carbocycles. The molecule has 69 heavy (non-hydrogen) atoms. The van der Waals surface area contributed by atoms with Crippen LogP contribution in [-0.2, 0) is 47.3 Å². The van der Waals surface area contributed by atoms with Crippen molar-refractivity contribution in [1.29, 1.82) is 0 Å². The van der Waals surface area contributed by atoms with Gasteiger partial charge in [0.15, 0.2) is 0 Å². The van der Waals surface area contributed by atoms with Crippen LogP contribution < -0.4 is 30.2 Å². The molecule has 0 spiro atoms. The fourth-order valence-corrected chi connectivity index (χ4v) is 8.51. The maximum absolute atomic E-state index is 14.0. The Balaban J connectivity index is 1.98. The lowest BCUT2D eigenvalue weighted by Gasteiger charge is -2.28. The molecular weight excluding hydrogens is 863 g/mol. The van der Waals surface area contributed by atoms with Crippen molar-refractivity contribution in [3.63, 3.8) is 0 Å². The van der Waals surface area contributed by atoms with Gasteiger partial charge in [0, 0.05) is 78.7 Å². The van der Waals surface area contributed by atoms with Crippen molar-refractivity contribution in [3.05, 3.63) is 115 Å². The molecule has 0 unspecified atom stereocenters. The van der Waals surface area contributed by atoms with E-state index in [0.717, 1.165) is 94.2 Å². The summed E-state index contributed by atoms with van der Waals surface area (Å²) in [4.78, 5) is 41.7. The van der Waals surface area contributed by atoms with Gasteiger partial charge < -0.3 is 35.3 Å². The van der Waals surface area contributed by atoms with Gasteiger partial charge in [-0.3, -0.25) is 0 Å². The third kappa shape index (κ3) is 14.5. The average Bonchev–Trinajstić information content (AvgIpc) is 3.23. The van der Waals surface area contributed by atoms with Crippen LogP contribution in [-0.4, -0.2) is 43.0 Å². The minimum absolute atomic E-state index is 0.127. The maximum Gasteiger partial charge on any atom is 0.412 e. The number of fused-ring (bicyclic) bond motifs is 8. The summed E-state index contributed by atoms with van der Waals surface area (Å²) in [5.74, 6) is 1.32. The van der Waals surface area contributed by atoms with Crippen molar-refractivity contribution in [2.45, 2.75) is 190 Å². The number of phenolic OH excluding ortho intramolecular Hbond substituents is 1. The van der Waals surface area contributed by atoms with E-state index < -0.39 is 18.3 Å². The Kier molecular flexibility index (Phi) is 17.7. The van der Waals surface area contributed by atoms with Crippen molar-refractivity contribution < 1.29 is 33.7 Å². The van der Waals surface area contributed by atoms with Gasteiger partial charge in [0.05, 0.1) is 0 Å². The molecule has 376 valence electrons. The van der Waals surface area contributed by atoms with Crippen LogP contribution in [0.15, 0.2) is 48.5 Å². The molecule has 0 radical (unpaired) electrons. The summed E-state index contributed by atoms with van der Waals surface area (Å²) in [5.41, 5.74) is 8.54. The van der Waals surface area contributed by atoms with Gasteiger partial charge in [0.2, 0.25) is 0 Å².